The number of carbonyl (C=O) groups is 10. The molecule has 0 saturated carbocycles. The van der Waals surface area contributed by atoms with Gasteiger partial charge >= 0.3 is 59.7 Å². The van der Waals surface area contributed by atoms with Crippen molar-refractivity contribution in [2.75, 3.05) is 66.1 Å². The lowest BCUT2D eigenvalue weighted by molar-refractivity contribution is -0.156. The third-order valence-corrected chi connectivity index (χ3v) is 22.3. The molecule has 131 heavy (non-hydrogen) atoms. The van der Waals surface area contributed by atoms with Gasteiger partial charge in [0.25, 0.3) is 0 Å². The van der Waals surface area contributed by atoms with Gasteiger partial charge < -0.3 is 47.4 Å². The molecule has 0 saturated heterocycles. The number of unbranched alkanes of at least 4 members (excludes halogenated alkanes) is 12. The molecule has 26 nitrogen and oxygen atoms in total. The molecule has 762 valence electrons. The highest BCUT2D eigenvalue weighted by Crippen LogP contribution is 2.27. The summed E-state index contributed by atoms with van der Waals surface area (Å²) in [6, 6.07) is 12.1. The molecule has 0 heterocycles. The number of rotatable bonds is 58. The van der Waals surface area contributed by atoms with Crippen LogP contribution in [0.1, 0.15) is 446 Å². The van der Waals surface area contributed by atoms with E-state index < -0.39 is 10.8 Å². The van der Waals surface area contributed by atoms with Crippen LogP contribution < -0.4 is 0 Å². The van der Waals surface area contributed by atoms with E-state index in [1.165, 1.54) is 38.5 Å². The summed E-state index contributed by atoms with van der Waals surface area (Å²) in [7, 11) is 0. The van der Waals surface area contributed by atoms with E-state index in [0.717, 1.165) is 128 Å². The molecule has 0 aliphatic heterocycles. The van der Waals surface area contributed by atoms with E-state index >= 15 is 0 Å². The minimum Gasteiger partial charge on any atom is -0.465 e. The van der Waals surface area contributed by atoms with Crippen LogP contribution in [0.15, 0.2) is 0 Å². The molecule has 0 aliphatic carbocycles. The van der Waals surface area contributed by atoms with E-state index in [9.17, 15) is 47.9 Å². The van der Waals surface area contributed by atoms with Gasteiger partial charge in [-0.05, 0) is 222 Å². The van der Waals surface area contributed by atoms with Crippen LogP contribution in [-0.4, -0.2) is 126 Å². The Morgan fingerprint density at radius 3 is 0.603 bits per heavy atom. The van der Waals surface area contributed by atoms with Crippen LogP contribution >= 0.6 is 0 Å². The molecular weight excluding hydrogens is 1670 g/mol. The Morgan fingerprint density at radius 1 is 0.221 bits per heavy atom. The summed E-state index contributed by atoms with van der Waals surface area (Å²) in [5.41, 5.74) is -1.81. The Morgan fingerprint density at radius 2 is 0.397 bits per heavy atom. The number of ether oxygens (including phenoxy) is 10. The van der Waals surface area contributed by atoms with Gasteiger partial charge in [0.05, 0.1) is 159 Å². The lowest BCUT2D eigenvalue weighted by atomic mass is 9.90. The quantitative estimate of drug-likeness (QED) is 0.0310. The number of esters is 10. The molecule has 0 aromatic heterocycles. The van der Waals surface area contributed by atoms with Crippen molar-refractivity contribution < 1.29 is 95.3 Å². The van der Waals surface area contributed by atoms with Crippen molar-refractivity contribution in [1.29, 1.82) is 31.6 Å². The third kappa shape index (κ3) is 93.3. The molecule has 7 unspecified atom stereocenters. The Labute approximate surface area is 799 Å². The molecule has 26 heteroatoms. The Kier molecular flexibility index (Phi) is 107. The number of carbonyl (C=O) groups excluding carboxylic acids is 10. The predicted octanol–water partition coefficient (Wildman–Crippen LogP) is 26.3. The monoisotopic (exact) mass is 1860 g/mol. The summed E-state index contributed by atoms with van der Waals surface area (Å²) in [4.78, 5) is 113. The van der Waals surface area contributed by atoms with Crippen LogP contribution in [0.3, 0.4) is 0 Å². The summed E-state index contributed by atoms with van der Waals surface area (Å²) >= 11 is 0. The van der Waals surface area contributed by atoms with Crippen molar-refractivity contribution in [2.24, 2.45) is 68.5 Å². The summed E-state index contributed by atoms with van der Waals surface area (Å²) < 4.78 is 50.7. The molecule has 0 bridgehead atoms. The second-order valence-corrected chi connectivity index (χ2v) is 36.0. The molecule has 0 fully saturated rings. The van der Waals surface area contributed by atoms with Gasteiger partial charge in [-0.15, -0.1) is 0 Å². The van der Waals surface area contributed by atoms with E-state index in [4.69, 9.17) is 78.9 Å². The standard InChI is InChI=1S/C14H28O2.C13H26O2.C11H19NO2.3C10H17NO2.C10H20O2.2C9H15NO2.C9H18O2/c1-6-9-10-12(7-2)11-16-13(15)14(4,5)8-3;1-5-8-9-12(7-3)10-15-13(14)11(4)6-2;1-4-11(2,3)10(13)14-9-7-5-6-8-12;2*1-4-10(2,3)9(12)13-8-6-5-7-11;1-3-9(2)10(12)13-8-6-4-5-7-11;1-5-7-8-12-9(11)10(3,4)6-2;2*1-3-8(2)9(11)12-7-5-4-6-10;1-4-6-7-11-9(10)8(3)5-2/h12H,6-11H2,1-5H3;11-12H,5-10H2,1-4H3;4-7,9H2,1-3H3;2*4-6,8H2,1-3H3;9H,3-6,8H2,1-2H3;5-8H2,1-4H3;2*8H,3-5,7H2,1-2H3;8H,4-7H2,1-3H3. The fraction of sp³-hybridized carbons (Fsp3) is 0.848. The second-order valence-electron chi connectivity index (χ2n) is 36.0. The normalized spacial score (nSPS) is 12.0. The molecule has 0 aromatic carbocycles. The summed E-state index contributed by atoms with van der Waals surface area (Å²) in [6.45, 7) is 65.6. The van der Waals surface area contributed by atoms with Gasteiger partial charge in [0.1, 0.15) is 0 Å². The fourth-order valence-corrected chi connectivity index (χ4v) is 8.29. The van der Waals surface area contributed by atoms with Crippen LogP contribution in [0, 0.1) is 136 Å². The van der Waals surface area contributed by atoms with E-state index in [-0.39, 0.29) is 106 Å². The van der Waals surface area contributed by atoms with Crippen molar-refractivity contribution in [3.8, 4) is 36.4 Å². The average molecular weight is 1860 g/mol. The van der Waals surface area contributed by atoms with Gasteiger partial charge in [0, 0.05) is 38.5 Å². The zero-order valence-electron chi connectivity index (χ0n) is 88.9. The summed E-state index contributed by atoms with van der Waals surface area (Å²) in [5, 5.41) is 49.4. The first-order valence-corrected chi connectivity index (χ1v) is 49.6. The highest BCUT2D eigenvalue weighted by Gasteiger charge is 2.31. The number of nitriles is 6. The maximum atomic E-state index is 11.8. The number of nitrogens with zero attached hydrogens (tertiary/aromatic N) is 6. The molecule has 0 N–H and O–H groups in total. The number of hydrogen-bond donors (Lipinski definition) is 0. The van der Waals surface area contributed by atoms with Gasteiger partial charge in [0.15, 0.2) is 0 Å². The second kappa shape index (κ2) is 97.7. The van der Waals surface area contributed by atoms with Gasteiger partial charge in [-0.25, -0.2) is 0 Å². The Hall–Kier alpha value is -8.36. The first kappa shape index (κ1) is 143. The lowest BCUT2D eigenvalue weighted by Crippen LogP contribution is -2.27. The first-order valence-electron chi connectivity index (χ1n) is 49.6. The van der Waals surface area contributed by atoms with E-state index in [1.807, 2.05) is 203 Å². The van der Waals surface area contributed by atoms with Crippen LogP contribution in [-0.2, 0) is 95.3 Å². The Bertz CT molecular complexity index is 3020. The topological polar surface area (TPSA) is 406 Å². The van der Waals surface area contributed by atoms with Crippen molar-refractivity contribution in [3.63, 3.8) is 0 Å². The van der Waals surface area contributed by atoms with Crippen molar-refractivity contribution >= 4 is 59.7 Å². The molecule has 0 amide bonds. The number of hydrogen-bond acceptors (Lipinski definition) is 26. The molecule has 0 radical (unpaired) electrons. The SMILES string of the molecule is CCC(C)(C)C(=O)OCCCC#N.CCC(C)(C)C(=O)OCCCC#N.CCC(C)(C)C(=O)OCCCCC#N.CCC(C)C(=O)OCCCC#N.CCC(C)C(=O)OCCCC#N.CCC(C)C(=O)OCCCCC#N.CCCCC(CC)COC(=O)C(C)(C)CC.CCCCC(CC)COC(=O)C(C)CC.CCCCOC(=O)C(C)(C)CC.CCCCOC(=O)C(C)CC. The van der Waals surface area contributed by atoms with Gasteiger partial charge in [0.2, 0.25) is 0 Å². The molecule has 0 aliphatic rings. The highest BCUT2D eigenvalue weighted by atomic mass is 16.6. The minimum absolute atomic E-state index is 0.00373. The van der Waals surface area contributed by atoms with E-state index in [2.05, 4.69) is 47.6 Å². The summed E-state index contributed by atoms with van der Waals surface area (Å²) in [6.07, 6.45) is 30.2. The van der Waals surface area contributed by atoms with Crippen LogP contribution in [0.25, 0.3) is 0 Å². The van der Waals surface area contributed by atoms with E-state index in [0.29, 0.717) is 142 Å². The zero-order chi connectivity index (χ0) is 103. The smallest absolute Gasteiger partial charge is 0.311 e. The fourth-order valence-electron chi connectivity index (χ4n) is 8.29. The largest absolute Gasteiger partial charge is 0.465 e. The molecule has 7 atom stereocenters. The molecular formula is C105H192N6O20. The van der Waals surface area contributed by atoms with Crippen LogP contribution in [0.4, 0.5) is 0 Å². The zero-order valence-corrected chi connectivity index (χ0v) is 88.9. The lowest BCUT2D eigenvalue weighted by Gasteiger charge is -2.22. The van der Waals surface area contributed by atoms with Gasteiger partial charge in [-0.2, -0.15) is 31.6 Å². The maximum Gasteiger partial charge on any atom is 0.311 e. The Balaban J connectivity index is -0.000000155. The molecule has 0 aromatic rings. The average Bonchev–Trinajstić information content (AvgIpc) is 0.889. The van der Waals surface area contributed by atoms with Crippen molar-refractivity contribution in [2.45, 2.75) is 446 Å². The van der Waals surface area contributed by atoms with Crippen molar-refractivity contribution in [1.82, 2.24) is 0 Å². The van der Waals surface area contributed by atoms with Crippen molar-refractivity contribution in [3.05, 3.63) is 0 Å². The predicted molar refractivity (Wildman–Crippen MR) is 522 cm³/mol. The van der Waals surface area contributed by atoms with E-state index in [1.54, 1.807) is 0 Å². The molecule has 0 rings (SSSR count). The van der Waals surface area contributed by atoms with Crippen LogP contribution in [0.2, 0.25) is 0 Å². The van der Waals surface area contributed by atoms with Gasteiger partial charge in [-0.1, -0.05) is 197 Å². The molecule has 0 spiro atoms. The first-order chi connectivity index (χ1) is 61.7. The third-order valence-electron chi connectivity index (χ3n) is 22.3. The maximum absolute atomic E-state index is 11.8. The summed E-state index contributed by atoms with van der Waals surface area (Å²) in [5.74, 6) is 0.0187. The minimum atomic E-state index is -0.396. The van der Waals surface area contributed by atoms with Gasteiger partial charge in [-0.3, -0.25) is 47.9 Å². The highest BCUT2D eigenvalue weighted by molar-refractivity contribution is 5.78. The van der Waals surface area contributed by atoms with Crippen LogP contribution in [0.5, 0.6) is 0 Å².